The molecule has 1 N–H and O–H groups in total. The standard InChI is InChI=1S/C14H19BrO2/c1-2-3-4-7-12(14(16)17)9-11-6-5-8-13(15)10-11/h5-6,8,10,12H,2-4,7,9H2,1H3,(H,16,17). The summed E-state index contributed by atoms with van der Waals surface area (Å²) < 4.78 is 1.01. The minimum atomic E-state index is -0.680. The van der Waals surface area contributed by atoms with Gasteiger partial charge in [0.2, 0.25) is 0 Å². The zero-order chi connectivity index (χ0) is 12.7. The zero-order valence-corrected chi connectivity index (χ0v) is 11.7. The lowest BCUT2D eigenvalue weighted by Crippen LogP contribution is -2.16. The molecule has 0 aromatic heterocycles. The second-order valence-corrected chi connectivity index (χ2v) is 5.28. The number of rotatable bonds is 7. The van der Waals surface area contributed by atoms with Gasteiger partial charge in [-0.2, -0.15) is 0 Å². The number of hydrogen-bond acceptors (Lipinski definition) is 1. The Balaban J connectivity index is 2.57. The van der Waals surface area contributed by atoms with E-state index in [1.807, 2.05) is 24.3 Å². The number of unbranched alkanes of at least 4 members (excludes halogenated alkanes) is 2. The minimum absolute atomic E-state index is 0.254. The molecule has 1 unspecified atom stereocenters. The molecule has 0 spiro atoms. The van der Waals surface area contributed by atoms with Crippen LogP contribution in [0.5, 0.6) is 0 Å². The molecule has 0 fully saturated rings. The summed E-state index contributed by atoms with van der Waals surface area (Å²) >= 11 is 3.41. The van der Waals surface area contributed by atoms with Crippen molar-refractivity contribution in [3.63, 3.8) is 0 Å². The highest BCUT2D eigenvalue weighted by Gasteiger charge is 2.17. The van der Waals surface area contributed by atoms with Crippen molar-refractivity contribution >= 4 is 21.9 Å². The van der Waals surface area contributed by atoms with E-state index in [1.54, 1.807) is 0 Å². The number of carboxylic acid groups (broad SMARTS) is 1. The van der Waals surface area contributed by atoms with Gasteiger partial charge in [-0.1, -0.05) is 54.2 Å². The summed E-state index contributed by atoms with van der Waals surface area (Å²) in [6.07, 6.45) is 4.64. The molecule has 0 saturated heterocycles. The van der Waals surface area contributed by atoms with Gasteiger partial charge in [0.1, 0.15) is 0 Å². The van der Waals surface area contributed by atoms with Gasteiger partial charge in [-0.15, -0.1) is 0 Å². The predicted molar refractivity (Wildman–Crippen MR) is 73.1 cm³/mol. The average molecular weight is 299 g/mol. The first-order valence-corrected chi connectivity index (χ1v) is 6.90. The van der Waals surface area contributed by atoms with Crippen LogP contribution in [0.1, 0.15) is 38.2 Å². The average Bonchev–Trinajstić information content (AvgIpc) is 2.28. The first-order valence-electron chi connectivity index (χ1n) is 6.10. The van der Waals surface area contributed by atoms with Crippen molar-refractivity contribution in [1.29, 1.82) is 0 Å². The molecule has 17 heavy (non-hydrogen) atoms. The molecule has 3 heteroatoms. The fourth-order valence-corrected chi connectivity index (χ4v) is 2.35. The summed E-state index contributed by atoms with van der Waals surface area (Å²) in [6, 6.07) is 7.89. The molecular formula is C14H19BrO2. The molecule has 1 aromatic carbocycles. The van der Waals surface area contributed by atoms with Crippen molar-refractivity contribution in [2.24, 2.45) is 5.92 Å². The number of hydrogen-bond donors (Lipinski definition) is 1. The second-order valence-electron chi connectivity index (χ2n) is 4.36. The van der Waals surface area contributed by atoms with E-state index in [1.165, 1.54) is 0 Å². The fraction of sp³-hybridized carbons (Fsp3) is 0.500. The van der Waals surface area contributed by atoms with Crippen molar-refractivity contribution in [2.75, 3.05) is 0 Å². The minimum Gasteiger partial charge on any atom is -0.481 e. The lowest BCUT2D eigenvalue weighted by molar-refractivity contribution is -0.142. The lowest BCUT2D eigenvalue weighted by Gasteiger charge is -2.12. The summed E-state index contributed by atoms with van der Waals surface area (Å²) in [5.41, 5.74) is 1.09. The Morgan fingerprint density at radius 3 is 2.76 bits per heavy atom. The van der Waals surface area contributed by atoms with Gasteiger partial charge in [-0.25, -0.2) is 0 Å². The molecule has 0 aliphatic rings. The van der Waals surface area contributed by atoms with E-state index in [0.717, 1.165) is 35.7 Å². The molecule has 0 heterocycles. The predicted octanol–water partition coefficient (Wildman–Crippen LogP) is 4.27. The SMILES string of the molecule is CCCCCC(Cc1cccc(Br)c1)C(=O)O. The lowest BCUT2D eigenvalue weighted by atomic mass is 9.94. The highest BCUT2D eigenvalue weighted by atomic mass is 79.9. The van der Waals surface area contributed by atoms with Crippen LogP contribution in [0.15, 0.2) is 28.7 Å². The highest BCUT2D eigenvalue weighted by Crippen LogP contribution is 2.19. The molecular weight excluding hydrogens is 280 g/mol. The second kappa shape index (κ2) is 7.49. The Hall–Kier alpha value is -0.830. The van der Waals surface area contributed by atoms with Gasteiger partial charge in [0.05, 0.1) is 5.92 Å². The van der Waals surface area contributed by atoms with Crippen molar-refractivity contribution in [1.82, 2.24) is 0 Å². The molecule has 0 bridgehead atoms. The Morgan fingerprint density at radius 2 is 2.18 bits per heavy atom. The van der Waals surface area contributed by atoms with E-state index in [9.17, 15) is 9.90 Å². The molecule has 0 aliphatic carbocycles. The summed E-state index contributed by atoms with van der Waals surface area (Å²) in [6.45, 7) is 2.13. The van der Waals surface area contributed by atoms with E-state index in [-0.39, 0.29) is 5.92 Å². The van der Waals surface area contributed by atoms with Crippen molar-refractivity contribution in [3.8, 4) is 0 Å². The topological polar surface area (TPSA) is 37.3 Å². The molecule has 1 atom stereocenters. The van der Waals surface area contributed by atoms with E-state index in [2.05, 4.69) is 22.9 Å². The Bertz CT molecular complexity index is 363. The first-order chi connectivity index (χ1) is 8.13. The van der Waals surface area contributed by atoms with Crippen LogP contribution in [-0.2, 0) is 11.2 Å². The number of halogens is 1. The van der Waals surface area contributed by atoms with Crippen LogP contribution in [0, 0.1) is 5.92 Å². The fourth-order valence-electron chi connectivity index (χ4n) is 1.90. The maximum absolute atomic E-state index is 11.2. The summed E-state index contributed by atoms with van der Waals surface area (Å²) in [5, 5.41) is 9.19. The van der Waals surface area contributed by atoms with Crippen molar-refractivity contribution in [2.45, 2.75) is 39.0 Å². The molecule has 0 aliphatic heterocycles. The monoisotopic (exact) mass is 298 g/mol. The van der Waals surface area contributed by atoms with Crippen LogP contribution in [0.4, 0.5) is 0 Å². The van der Waals surface area contributed by atoms with E-state index < -0.39 is 5.97 Å². The summed E-state index contributed by atoms with van der Waals surface area (Å²) in [7, 11) is 0. The first kappa shape index (κ1) is 14.2. The van der Waals surface area contributed by atoms with E-state index in [0.29, 0.717) is 6.42 Å². The van der Waals surface area contributed by atoms with Crippen molar-refractivity contribution in [3.05, 3.63) is 34.3 Å². The third kappa shape index (κ3) is 5.35. The van der Waals surface area contributed by atoms with Gasteiger partial charge in [-0.3, -0.25) is 4.79 Å². The van der Waals surface area contributed by atoms with E-state index >= 15 is 0 Å². The third-order valence-electron chi connectivity index (χ3n) is 2.88. The normalized spacial score (nSPS) is 12.4. The molecule has 1 aromatic rings. The zero-order valence-electron chi connectivity index (χ0n) is 10.2. The Morgan fingerprint density at radius 1 is 1.41 bits per heavy atom. The summed E-state index contributed by atoms with van der Waals surface area (Å²) in [5.74, 6) is -0.933. The third-order valence-corrected chi connectivity index (χ3v) is 3.37. The van der Waals surface area contributed by atoms with Gasteiger partial charge < -0.3 is 5.11 Å². The number of benzene rings is 1. The van der Waals surface area contributed by atoms with E-state index in [4.69, 9.17) is 0 Å². The molecule has 0 saturated carbocycles. The van der Waals surface area contributed by atoms with Crippen LogP contribution >= 0.6 is 15.9 Å². The Kier molecular flexibility index (Phi) is 6.27. The Labute approximate surface area is 111 Å². The van der Waals surface area contributed by atoms with Gasteiger partial charge in [0, 0.05) is 4.47 Å². The van der Waals surface area contributed by atoms with Crippen LogP contribution in [0.2, 0.25) is 0 Å². The molecule has 2 nitrogen and oxygen atoms in total. The van der Waals surface area contributed by atoms with Crippen LogP contribution < -0.4 is 0 Å². The van der Waals surface area contributed by atoms with Crippen molar-refractivity contribution < 1.29 is 9.90 Å². The molecule has 94 valence electrons. The van der Waals surface area contributed by atoms with Gasteiger partial charge in [0.25, 0.3) is 0 Å². The largest absolute Gasteiger partial charge is 0.481 e. The van der Waals surface area contributed by atoms with Crippen LogP contribution in [0.3, 0.4) is 0 Å². The molecule has 1 rings (SSSR count). The number of aliphatic carboxylic acids is 1. The maximum Gasteiger partial charge on any atom is 0.306 e. The number of carbonyl (C=O) groups is 1. The highest BCUT2D eigenvalue weighted by molar-refractivity contribution is 9.10. The van der Waals surface area contributed by atoms with Gasteiger partial charge in [-0.05, 0) is 30.5 Å². The maximum atomic E-state index is 11.2. The molecule has 0 radical (unpaired) electrons. The smallest absolute Gasteiger partial charge is 0.306 e. The summed E-state index contributed by atoms with van der Waals surface area (Å²) in [4.78, 5) is 11.2. The van der Waals surface area contributed by atoms with Crippen LogP contribution in [0.25, 0.3) is 0 Å². The van der Waals surface area contributed by atoms with Gasteiger partial charge >= 0.3 is 5.97 Å². The van der Waals surface area contributed by atoms with Crippen LogP contribution in [-0.4, -0.2) is 11.1 Å². The quantitative estimate of drug-likeness (QED) is 0.763. The van der Waals surface area contributed by atoms with Gasteiger partial charge in [0.15, 0.2) is 0 Å². The number of carboxylic acids is 1. The molecule has 0 amide bonds.